The predicted octanol–water partition coefficient (Wildman–Crippen LogP) is 3.33. The molecule has 0 saturated heterocycles. The maximum absolute atomic E-state index is 12.2. The van der Waals surface area contributed by atoms with Crippen LogP contribution in [0.1, 0.15) is 31.3 Å². The van der Waals surface area contributed by atoms with Crippen LogP contribution in [-0.2, 0) is 9.47 Å². The second-order valence-electron chi connectivity index (χ2n) is 5.95. The Labute approximate surface area is 129 Å². The molecule has 0 spiro atoms. The van der Waals surface area contributed by atoms with Gasteiger partial charge in [-0.1, -0.05) is 6.07 Å². The van der Waals surface area contributed by atoms with Gasteiger partial charge in [0.15, 0.2) is 0 Å². The first-order chi connectivity index (χ1) is 10.2. The van der Waals surface area contributed by atoms with Crippen LogP contribution >= 0.6 is 0 Å². The molecule has 6 heteroatoms. The molecule has 2 rings (SSSR count). The monoisotopic (exact) mass is 304 g/mol. The van der Waals surface area contributed by atoms with Crippen molar-refractivity contribution in [2.45, 2.75) is 26.4 Å². The first-order valence-electron chi connectivity index (χ1n) is 6.89. The molecule has 0 saturated carbocycles. The number of fused-ring (bicyclic) bond motifs is 1. The summed E-state index contributed by atoms with van der Waals surface area (Å²) in [6.07, 6.45) is -0.458. The van der Waals surface area contributed by atoms with E-state index in [1.807, 2.05) is 26.8 Å². The second-order valence-corrected chi connectivity index (χ2v) is 5.95. The Kier molecular flexibility index (Phi) is 4.12. The van der Waals surface area contributed by atoms with Crippen molar-refractivity contribution in [2.24, 2.45) is 0 Å². The number of benzene rings is 1. The van der Waals surface area contributed by atoms with Gasteiger partial charge in [-0.25, -0.2) is 9.59 Å². The third-order valence-corrected chi connectivity index (χ3v) is 3.08. The quantitative estimate of drug-likeness (QED) is 0.864. The molecule has 1 amide bonds. The van der Waals surface area contributed by atoms with Crippen LogP contribution in [0.3, 0.4) is 0 Å². The lowest BCUT2D eigenvalue weighted by molar-refractivity contribution is 0.0583. The van der Waals surface area contributed by atoms with Gasteiger partial charge in [-0.05, 0) is 39.0 Å². The Balaban J connectivity index is 2.40. The molecule has 0 aliphatic heterocycles. The largest absolute Gasteiger partial charge is 0.464 e. The van der Waals surface area contributed by atoms with E-state index in [4.69, 9.17) is 9.47 Å². The number of methoxy groups -OCH3 is 1. The van der Waals surface area contributed by atoms with Crippen molar-refractivity contribution in [3.8, 4) is 0 Å². The lowest BCUT2D eigenvalue weighted by Gasteiger charge is -2.25. The summed E-state index contributed by atoms with van der Waals surface area (Å²) in [4.78, 5) is 28.2. The Morgan fingerprint density at radius 3 is 2.50 bits per heavy atom. The smallest absolute Gasteiger partial charge is 0.414 e. The van der Waals surface area contributed by atoms with Crippen molar-refractivity contribution in [3.63, 3.8) is 0 Å². The molecule has 22 heavy (non-hydrogen) atoms. The molecule has 0 radical (unpaired) electrons. The topological polar surface area (TPSA) is 71.6 Å². The van der Waals surface area contributed by atoms with Crippen LogP contribution in [0.15, 0.2) is 24.3 Å². The van der Waals surface area contributed by atoms with Gasteiger partial charge >= 0.3 is 12.1 Å². The zero-order chi connectivity index (χ0) is 16.5. The summed E-state index contributed by atoms with van der Waals surface area (Å²) in [6, 6.07) is 7.09. The van der Waals surface area contributed by atoms with Crippen LogP contribution in [0.2, 0.25) is 0 Å². The molecule has 1 aromatic heterocycles. The minimum absolute atomic E-state index is 0.336. The highest BCUT2D eigenvalue weighted by Crippen LogP contribution is 2.28. The SMILES string of the molecule is COC(=O)c1cc2c(N(C)C(=O)OC(C)(C)C)cccc2[nH]1. The molecule has 6 nitrogen and oxygen atoms in total. The van der Waals surface area contributed by atoms with Gasteiger partial charge in [-0.3, -0.25) is 4.90 Å². The molecule has 1 aromatic carbocycles. The number of anilines is 1. The van der Waals surface area contributed by atoms with Gasteiger partial charge in [0.1, 0.15) is 11.3 Å². The second kappa shape index (κ2) is 5.71. The van der Waals surface area contributed by atoms with E-state index in [9.17, 15) is 9.59 Å². The Hall–Kier alpha value is -2.50. The Morgan fingerprint density at radius 1 is 1.23 bits per heavy atom. The number of ether oxygens (including phenoxy) is 2. The molecule has 0 bridgehead atoms. The van der Waals surface area contributed by atoms with Crippen molar-refractivity contribution in [1.82, 2.24) is 4.98 Å². The van der Waals surface area contributed by atoms with E-state index in [0.717, 1.165) is 10.9 Å². The molecular weight excluding hydrogens is 284 g/mol. The molecule has 0 aliphatic carbocycles. The molecule has 0 unspecified atom stereocenters. The molecule has 1 N–H and O–H groups in total. The standard InChI is InChI=1S/C16H20N2O4/c1-16(2,3)22-15(20)18(4)13-8-6-7-11-10(13)9-12(17-11)14(19)21-5/h6-9,17H,1-5H3. The molecule has 0 atom stereocenters. The number of nitrogens with one attached hydrogen (secondary N) is 1. The summed E-state index contributed by atoms with van der Waals surface area (Å²) in [5, 5.41) is 0.747. The average molecular weight is 304 g/mol. The number of hydrogen-bond donors (Lipinski definition) is 1. The van der Waals surface area contributed by atoms with Crippen molar-refractivity contribution < 1.29 is 19.1 Å². The predicted molar refractivity (Wildman–Crippen MR) is 84.3 cm³/mol. The molecule has 0 fully saturated rings. The van der Waals surface area contributed by atoms with Gasteiger partial charge in [0.2, 0.25) is 0 Å². The number of hydrogen-bond acceptors (Lipinski definition) is 4. The van der Waals surface area contributed by atoms with E-state index in [2.05, 4.69) is 4.98 Å². The molecule has 0 aliphatic rings. The first-order valence-corrected chi connectivity index (χ1v) is 6.89. The van der Waals surface area contributed by atoms with Crippen LogP contribution in [-0.4, -0.2) is 36.8 Å². The molecule has 118 valence electrons. The van der Waals surface area contributed by atoms with Gasteiger partial charge in [0.05, 0.1) is 12.8 Å². The van der Waals surface area contributed by atoms with E-state index in [-0.39, 0.29) is 0 Å². The number of carbonyl (C=O) groups is 2. The lowest BCUT2D eigenvalue weighted by Crippen LogP contribution is -2.34. The van der Waals surface area contributed by atoms with Crippen LogP contribution in [0.5, 0.6) is 0 Å². The van der Waals surface area contributed by atoms with Gasteiger partial charge in [-0.15, -0.1) is 0 Å². The number of nitrogens with zero attached hydrogens (tertiary/aromatic N) is 1. The average Bonchev–Trinajstić information content (AvgIpc) is 2.87. The van der Waals surface area contributed by atoms with E-state index < -0.39 is 17.7 Å². The summed E-state index contributed by atoms with van der Waals surface area (Å²) < 4.78 is 10.1. The third-order valence-electron chi connectivity index (χ3n) is 3.08. The Bertz CT molecular complexity index is 712. The highest BCUT2D eigenvalue weighted by Gasteiger charge is 2.22. The third kappa shape index (κ3) is 3.21. The van der Waals surface area contributed by atoms with Gasteiger partial charge in [0.25, 0.3) is 0 Å². The van der Waals surface area contributed by atoms with Gasteiger partial charge in [-0.2, -0.15) is 0 Å². The molecular formula is C16H20N2O4. The van der Waals surface area contributed by atoms with Crippen molar-refractivity contribution in [1.29, 1.82) is 0 Å². The van der Waals surface area contributed by atoms with Gasteiger partial charge < -0.3 is 14.5 Å². The van der Waals surface area contributed by atoms with Crippen LogP contribution < -0.4 is 4.90 Å². The minimum Gasteiger partial charge on any atom is -0.464 e. The maximum atomic E-state index is 12.2. The number of amides is 1. The maximum Gasteiger partial charge on any atom is 0.414 e. The number of carbonyl (C=O) groups excluding carboxylic acids is 2. The number of aromatic nitrogens is 1. The summed E-state index contributed by atoms with van der Waals surface area (Å²) in [7, 11) is 2.95. The minimum atomic E-state index is -0.575. The fourth-order valence-corrected chi connectivity index (χ4v) is 2.08. The van der Waals surface area contributed by atoms with Crippen LogP contribution in [0, 0.1) is 0 Å². The van der Waals surface area contributed by atoms with E-state index >= 15 is 0 Å². The lowest BCUT2D eigenvalue weighted by atomic mass is 10.2. The summed E-state index contributed by atoms with van der Waals surface area (Å²) in [5.74, 6) is -0.456. The summed E-state index contributed by atoms with van der Waals surface area (Å²) >= 11 is 0. The molecule has 2 aromatic rings. The van der Waals surface area contributed by atoms with Crippen molar-refractivity contribution in [2.75, 3.05) is 19.1 Å². The number of aromatic amines is 1. The summed E-state index contributed by atoms with van der Waals surface area (Å²) in [5.41, 5.74) is 1.16. The van der Waals surface area contributed by atoms with Crippen molar-refractivity contribution in [3.05, 3.63) is 30.0 Å². The first kappa shape index (κ1) is 15.9. The van der Waals surface area contributed by atoms with E-state index in [0.29, 0.717) is 11.4 Å². The van der Waals surface area contributed by atoms with Crippen LogP contribution in [0.4, 0.5) is 10.5 Å². The zero-order valence-electron chi connectivity index (χ0n) is 13.4. The normalized spacial score (nSPS) is 11.3. The fraction of sp³-hybridized carbons (Fsp3) is 0.375. The molecule has 1 heterocycles. The van der Waals surface area contributed by atoms with E-state index in [1.54, 1.807) is 25.2 Å². The zero-order valence-corrected chi connectivity index (χ0v) is 13.4. The van der Waals surface area contributed by atoms with Gasteiger partial charge in [0, 0.05) is 18.0 Å². The number of esters is 1. The highest BCUT2D eigenvalue weighted by atomic mass is 16.6. The fourth-order valence-electron chi connectivity index (χ4n) is 2.08. The van der Waals surface area contributed by atoms with E-state index in [1.165, 1.54) is 12.0 Å². The Morgan fingerprint density at radius 2 is 1.91 bits per heavy atom. The number of rotatable bonds is 2. The van der Waals surface area contributed by atoms with Crippen LogP contribution in [0.25, 0.3) is 10.9 Å². The number of H-pyrrole nitrogens is 1. The van der Waals surface area contributed by atoms with Crippen molar-refractivity contribution >= 4 is 28.7 Å². The highest BCUT2D eigenvalue weighted by molar-refractivity contribution is 6.04. The summed E-state index contributed by atoms with van der Waals surface area (Å²) in [6.45, 7) is 5.43.